The van der Waals surface area contributed by atoms with E-state index in [0.717, 1.165) is 18.9 Å². The topological polar surface area (TPSA) is 57.6 Å². The summed E-state index contributed by atoms with van der Waals surface area (Å²) in [6, 6.07) is 2.83. The number of halogens is 2. The average molecular weight is 330 g/mol. The van der Waals surface area contributed by atoms with E-state index >= 15 is 0 Å². The van der Waals surface area contributed by atoms with Gasteiger partial charge in [-0.05, 0) is 37.0 Å². The van der Waals surface area contributed by atoms with E-state index in [4.69, 9.17) is 11.6 Å². The fraction of sp³-hybridized carbons (Fsp3) is 0.429. The molecule has 2 fully saturated rings. The van der Waals surface area contributed by atoms with Crippen LogP contribution in [0.2, 0.25) is 5.02 Å². The largest absolute Gasteiger partial charge is 0.480 e. The van der Waals surface area contributed by atoms with Crippen LogP contribution in [0.5, 0.6) is 0 Å². The predicted octanol–water partition coefficient (Wildman–Crippen LogP) is 2.86. The van der Waals surface area contributed by atoms with Crippen molar-refractivity contribution < 1.29 is 19.1 Å². The van der Waals surface area contributed by atoms with Gasteiger partial charge in [0.2, 0.25) is 0 Å². The maximum absolute atomic E-state index is 13.9. The van der Waals surface area contributed by atoms with Crippen molar-refractivity contribution >= 4 is 35.2 Å². The number of benzene rings is 1. The van der Waals surface area contributed by atoms with Crippen LogP contribution in [0, 0.1) is 11.7 Å². The molecular weight excluding hydrogens is 317 g/mol. The molecule has 7 heteroatoms. The maximum atomic E-state index is 13.9. The molecule has 0 aromatic heterocycles. The molecule has 2 unspecified atom stereocenters. The van der Waals surface area contributed by atoms with E-state index in [1.165, 1.54) is 28.8 Å². The Morgan fingerprint density at radius 2 is 2.10 bits per heavy atom. The number of carboxylic acid groups (broad SMARTS) is 1. The van der Waals surface area contributed by atoms with Crippen molar-refractivity contribution in [3.05, 3.63) is 34.6 Å². The third-order valence-corrected chi connectivity index (χ3v) is 5.44. The van der Waals surface area contributed by atoms with Crippen molar-refractivity contribution in [2.75, 3.05) is 5.75 Å². The molecule has 21 heavy (non-hydrogen) atoms. The molecule has 1 saturated heterocycles. The second-order valence-electron chi connectivity index (χ2n) is 5.25. The molecule has 112 valence electrons. The number of rotatable bonds is 3. The molecule has 1 saturated carbocycles. The minimum atomic E-state index is -1.05. The lowest BCUT2D eigenvalue weighted by molar-refractivity contribution is -0.141. The Balaban J connectivity index is 1.95. The van der Waals surface area contributed by atoms with Crippen molar-refractivity contribution in [1.82, 2.24) is 4.90 Å². The van der Waals surface area contributed by atoms with Crippen molar-refractivity contribution in [2.45, 2.75) is 24.3 Å². The molecule has 1 amide bonds. The highest BCUT2D eigenvalue weighted by molar-refractivity contribution is 8.00. The van der Waals surface area contributed by atoms with Gasteiger partial charge >= 0.3 is 5.97 Å². The van der Waals surface area contributed by atoms with Crippen LogP contribution in [0.15, 0.2) is 18.2 Å². The number of hydrogen-bond donors (Lipinski definition) is 1. The van der Waals surface area contributed by atoms with Gasteiger partial charge in [-0.2, -0.15) is 0 Å². The molecule has 4 nitrogen and oxygen atoms in total. The molecule has 1 N–H and O–H groups in total. The number of hydrogen-bond acceptors (Lipinski definition) is 3. The van der Waals surface area contributed by atoms with Crippen LogP contribution in [0.25, 0.3) is 0 Å². The molecule has 1 aromatic carbocycles. The minimum Gasteiger partial charge on any atom is -0.480 e. The Kier molecular flexibility index (Phi) is 3.84. The summed E-state index contributed by atoms with van der Waals surface area (Å²) in [6.45, 7) is 0. The maximum Gasteiger partial charge on any atom is 0.327 e. The Hall–Kier alpha value is -1.27. The second kappa shape index (κ2) is 5.50. The molecule has 1 aromatic rings. The lowest BCUT2D eigenvalue weighted by atomic mass is 10.1. The molecule has 0 bridgehead atoms. The van der Waals surface area contributed by atoms with E-state index in [1.807, 2.05) is 0 Å². The van der Waals surface area contributed by atoms with Gasteiger partial charge in [0.1, 0.15) is 11.9 Å². The Morgan fingerprint density at radius 3 is 2.71 bits per heavy atom. The first-order valence-electron chi connectivity index (χ1n) is 6.61. The van der Waals surface area contributed by atoms with E-state index in [-0.39, 0.29) is 16.0 Å². The molecule has 1 aliphatic heterocycles. The summed E-state index contributed by atoms with van der Waals surface area (Å²) in [5.74, 6) is -1.68. The lowest BCUT2D eigenvalue weighted by Gasteiger charge is -2.27. The zero-order chi connectivity index (χ0) is 15.1. The van der Waals surface area contributed by atoms with E-state index in [0.29, 0.717) is 11.7 Å². The van der Waals surface area contributed by atoms with E-state index in [2.05, 4.69) is 0 Å². The van der Waals surface area contributed by atoms with Crippen molar-refractivity contribution in [3.8, 4) is 0 Å². The third kappa shape index (κ3) is 2.74. The van der Waals surface area contributed by atoms with Crippen LogP contribution in [0.3, 0.4) is 0 Å². The van der Waals surface area contributed by atoms with Crippen LogP contribution in [0.1, 0.15) is 23.2 Å². The first-order chi connectivity index (χ1) is 9.99. The van der Waals surface area contributed by atoms with Crippen LogP contribution >= 0.6 is 23.4 Å². The zero-order valence-electron chi connectivity index (χ0n) is 11.0. The SMILES string of the molecule is O=C(O)C1CSC(C2CC2)N1C(=O)c1cc(Cl)ccc1F. The summed E-state index contributed by atoms with van der Waals surface area (Å²) >= 11 is 7.28. The molecule has 0 spiro atoms. The Labute approximate surface area is 130 Å². The summed E-state index contributed by atoms with van der Waals surface area (Å²) in [5.41, 5.74) is -0.165. The fourth-order valence-electron chi connectivity index (χ4n) is 2.52. The van der Waals surface area contributed by atoms with E-state index in [1.54, 1.807) is 0 Å². The molecule has 2 atom stereocenters. The molecule has 2 aliphatic rings. The first-order valence-corrected chi connectivity index (χ1v) is 8.04. The van der Waals surface area contributed by atoms with E-state index < -0.39 is 23.7 Å². The van der Waals surface area contributed by atoms with Crippen LogP contribution < -0.4 is 0 Å². The number of carboxylic acids is 1. The zero-order valence-corrected chi connectivity index (χ0v) is 12.5. The Bertz CT molecular complexity index is 608. The normalized spacial score (nSPS) is 25.1. The predicted molar refractivity (Wildman–Crippen MR) is 78.0 cm³/mol. The fourth-order valence-corrected chi connectivity index (χ4v) is 4.32. The van der Waals surface area contributed by atoms with Gasteiger partial charge in [-0.1, -0.05) is 11.6 Å². The second-order valence-corrected chi connectivity index (χ2v) is 6.84. The van der Waals surface area contributed by atoms with Crippen molar-refractivity contribution in [1.29, 1.82) is 0 Å². The van der Waals surface area contributed by atoms with Crippen LogP contribution in [-0.2, 0) is 4.79 Å². The van der Waals surface area contributed by atoms with Crippen LogP contribution in [0.4, 0.5) is 4.39 Å². The summed E-state index contributed by atoms with van der Waals surface area (Å²) in [5, 5.41) is 9.36. The first kappa shape index (κ1) is 14.7. The molecule has 0 radical (unpaired) electrons. The van der Waals surface area contributed by atoms with Crippen molar-refractivity contribution in [3.63, 3.8) is 0 Å². The van der Waals surface area contributed by atoms with Crippen LogP contribution in [-0.4, -0.2) is 39.1 Å². The molecular formula is C14H13ClFNO3S. The Morgan fingerprint density at radius 1 is 1.38 bits per heavy atom. The number of carbonyl (C=O) groups is 2. The average Bonchev–Trinajstić information content (AvgIpc) is 3.19. The number of amides is 1. The highest BCUT2D eigenvalue weighted by Crippen LogP contribution is 2.46. The lowest BCUT2D eigenvalue weighted by Crippen LogP contribution is -2.46. The van der Waals surface area contributed by atoms with Gasteiger partial charge < -0.3 is 10.0 Å². The summed E-state index contributed by atoms with van der Waals surface area (Å²) in [4.78, 5) is 25.3. The van der Waals surface area contributed by atoms with Gasteiger partial charge in [0.25, 0.3) is 5.91 Å². The van der Waals surface area contributed by atoms with Gasteiger partial charge in [-0.25, -0.2) is 9.18 Å². The monoisotopic (exact) mass is 329 g/mol. The summed E-state index contributed by atoms with van der Waals surface area (Å²) in [7, 11) is 0. The standard InChI is InChI=1S/C14H13ClFNO3S/c15-8-3-4-10(16)9(5-8)12(18)17-11(14(19)20)6-21-13(17)7-1-2-7/h3-5,7,11,13H,1-2,6H2,(H,19,20). The van der Waals surface area contributed by atoms with Gasteiger partial charge in [-0.3, -0.25) is 4.79 Å². The summed E-state index contributed by atoms with van der Waals surface area (Å²) in [6.07, 6.45) is 1.96. The smallest absolute Gasteiger partial charge is 0.327 e. The van der Waals surface area contributed by atoms with Gasteiger partial charge in [-0.15, -0.1) is 11.8 Å². The number of thioether (sulfide) groups is 1. The highest BCUT2D eigenvalue weighted by Gasteiger charge is 2.48. The van der Waals surface area contributed by atoms with Gasteiger partial charge in [0.05, 0.1) is 10.9 Å². The molecule has 1 heterocycles. The number of nitrogens with zero attached hydrogens (tertiary/aromatic N) is 1. The molecule has 1 aliphatic carbocycles. The van der Waals surface area contributed by atoms with Gasteiger partial charge in [0.15, 0.2) is 0 Å². The molecule has 3 rings (SSSR count). The minimum absolute atomic E-state index is 0.165. The summed E-state index contributed by atoms with van der Waals surface area (Å²) < 4.78 is 13.9. The number of aliphatic carboxylic acids is 1. The van der Waals surface area contributed by atoms with Gasteiger partial charge in [0, 0.05) is 10.8 Å². The van der Waals surface area contributed by atoms with Crippen molar-refractivity contribution in [2.24, 2.45) is 5.92 Å². The third-order valence-electron chi connectivity index (χ3n) is 3.74. The van der Waals surface area contributed by atoms with E-state index in [9.17, 15) is 19.1 Å². The quantitative estimate of drug-likeness (QED) is 0.926. The highest BCUT2D eigenvalue weighted by atomic mass is 35.5. The number of carbonyl (C=O) groups excluding carboxylic acids is 1.